The molecule has 0 radical (unpaired) electrons. The number of nitrogens with zero attached hydrogens (tertiary/aromatic N) is 3. The summed E-state index contributed by atoms with van der Waals surface area (Å²) in [6, 6.07) is 27.8. The molecule has 0 unspecified atom stereocenters. The number of imidazole rings is 1. The summed E-state index contributed by atoms with van der Waals surface area (Å²) < 4.78 is 6.64. The van der Waals surface area contributed by atoms with Crippen LogP contribution in [-0.2, 0) is 4.74 Å². The van der Waals surface area contributed by atoms with Crippen molar-refractivity contribution < 1.29 is 9.53 Å². The molecule has 5 rings (SSSR count). The number of para-hydroxylation sites is 2. The smallest absolute Gasteiger partial charge is 0.420 e. The number of ether oxygens (including phenoxy) is 1. The Hall–Kier alpha value is -4.43. The summed E-state index contributed by atoms with van der Waals surface area (Å²) in [5, 5.41) is 14.3. The molecule has 5 nitrogen and oxygen atoms in total. The number of carbonyl (C=O) groups is 1. The number of nitriles is 1. The van der Waals surface area contributed by atoms with Crippen LogP contribution in [0.15, 0.2) is 78.9 Å². The van der Waals surface area contributed by atoms with Gasteiger partial charge < -0.3 is 4.74 Å². The Labute approximate surface area is 184 Å². The summed E-state index contributed by atoms with van der Waals surface area (Å²) in [6.45, 7) is 1.98. The second-order valence-corrected chi connectivity index (χ2v) is 7.36. The zero-order valence-electron chi connectivity index (χ0n) is 17.4. The molecule has 0 amide bonds. The Balaban J connectivity index is 1.82. The normalized spacial score (nSPS) is 11.7. The monoisotopic (exact) mass is 417 g/mol. The van der Waals surface area contributed by atoms with Gasteiger partial charge in [-0.2, -0.15) is 5.26 Å². The lowest BCUT2D eigenvalue weighted by atomic mass is 9.95. The van der Waals surface area contributed by atoms with Crippen LogP contribution in [-0.4, -0.2) is 22.3 Å². The van der Waals surface area contributed by atoms with E-state index in [4.69, 9.17) is 4.74 Å². The van der Waals surface area contributed by atoms with E-state index in [1.54, 1.807) is 13.0 Å². The minimum absolute atomic E-state index is 0.227. The highest BCUT2D eigenvalue weighted by Gasteiger charge is 2.21. The van der Waals surface area contributed by atoms with Gasteiger partial charge in [-0.3, -0.25) is 0 Å². The summed E-state index contributed by atoms with van der Waals surface area (Å²) in [4.78, 5) is 17.4. The van der Waals surface area contributed by atoms with Gasteiger partial charge in [0.15, 0.2) is 5.82 Å². The molecule has 0 spiro atoms. The standard InChI is InChI=1S/C27H19N3O2/c1-2-32-27(31)30-25-14-8-7-13-24(25)29-26(30)20(17-28)16-23-21-11-5-3-9-18(21)15-19-10-4-6-12-22(19)23/h3-16H,2H2,1H3/b20-16+. The van der Waals surface area contributed by atoms with Crippen molar-refractivity contribution in [3.8, 4) is 6.07 Å². The molecule has 5 aromatic rings. The summed E-state index contributed by atoms with van der Waals surface area (Å²) in [7, 11) is 0. The number of carbonyl (C=O) groups excluding carboxylic acids is 1. The molecule has 5 heteroatoms. The predicted octanol–water partition coefficient (Wildman–Crippen LogP) is 6.41. The van der Waals surface area contributed by atoms with Crippen molar-refractivity contribution in [2.45, 2.75) is 6.92 Å². The Morgan fingerprint density at radius 1 is 1.00 bits per heavy atom. The van der Waals surface area contributed by atoms with E-state index in [1.165, 1.54) is 4.57 Å². The lowest BCUT2D eigenvalue weighted by molar-refractivity contribution is 0.154. The number of rotatable bonds is 3. The fourth-order valence-corrected chi connectivity index (χ4v) is 4.08. The number of aromatic nitrogens is 2. The largest absolute Gasteiger partial charge is 0.449 e. The van der Waals surface area contributed by atoms with E-state index in [0.29, 0.717) is 11.0 Å². The molecule has 154 valence electrons. The van der Waals surface area contributed by atoms with Crippen molar-refractivity contribution in [1.29, 1.82) is 5.26 Å². The molecular weight excluding hydrogens is 398 g/mol. The van der Waals surface area contributed by atoms with Crippen LogP contribution in [0.5, 0.6) is 0 Å². The van der Waals surface area contributed by atoms with Crippen LogP contribution in [0.25, 0.3) is 44.2 Å². The summed E-state index contributed by atoms with van der Waals surface area (Å²) in [6.07, 6.45) is 1.27. The third kappa shape index (κ3) is 3.19. The first-order valence-corrected chi connectivity index (χ1v) is 10.4. The van der Waals surface area contributed by atoms with Gasteiger partial charge in [0.05, 0.1) is 23.2 Å². The summed E-state index contributed by atoms with van der Waals surface area (Å²) in [5.41, 5.74) is 2.43. The highest BCUT2D eigenvalue weighted by Crippen LogP contribution is 2.32. The van der Waals surface area contributed by atoms with Crippen LogP contribution < -0.4 is 0 Å². The molecule has 0 bridgehead atoms. The molecular formula is C27H19N3O2. The Morgan fingerprint density at radius 2 is 1.62 bits per heavy atom. The van der Waals surface area contributed by atoms with Crippen LogP contribution >= 0.6 is 0 Å². The second-order valence-electron chi connectivity index (χ2n) is 7.36. The van der Waals surface area contributed by atoms with Gasteiger partial charge in [-0.1, -0.05) is 60.7 Å². The number of benzene rings is 4. The summed E-state index contributed by atoms with van der Waals surface area (Å²) >= 11 is 0. The van der Waals surface area contributed by atoms with Crippen LogP contribution in [0.3, 0.4) is 0 Å². The van der Waals surface area contributed by atoms with Crippen molar-refractivity contribution in [1.82, 2.24) is 9.55 Å². The molecule has 0 N–H and O–H groups in total. The van der Waals surface area contributed by atoms with Crippen molar-refractivity contribution in [2.75, 3.05) is 6.61 Å². The number of hydrogen-bond acceptors (Lipinski definition) is 4. The molecule has 0 aliphatic heterocycles. The van der Waals surface area contributed by atoms with Gasteiger partial charge in [-0.05, 0) is 58.3 Å². The average Bonchev–Trinajstić information content (AvgIpc) is 3.21. The second kappa shape index (κ2) is 8.01. The topological polar surface area (TPSA) is 67.9 Å². The van der Waals surface area contributed by atoms with E-state index in [-0.39, 0.29) is 18.0 Å². The van der Waals surface area contributed by atoms with E-state index in [0.717, 1.165) is 27.1 Å². The van der Waals surface area contributed by atoms with E-state index in [2.05, 4.69) is 29.3 Å². The van der Waals surface area contributed by atoms with Gasteiger partial charge in [-0.15, -0.1) is 0 Å². The number of fused-ring (bicyclic) bond motifs is 3. The van der Waals surface area contributed by atoms with Crippen molar-refractivity contribution in [2.24, 2.45) is 0 Å². The third-order valence-electron chi connectivity index (χ3n) is 5.47. The molecule has 1 aromatic heterocycles. The lowest BCUT2D eigenvalue weighted by Gasteiger charge is -2.10. The van der Waals surface area contributed by atoms with E-state index >= 15 is 0 Å². The first kappa shape index (κ1) is 19.5. The Morgan fingerprint density at radius 3 is 2.28 bits per heavy atom. The molecule has 0 saturated carbocycles. The lowest BCUT2D eigenvalue weighted by Crippen LogP contribution is -2.16. The fraction of sp³-hybridized carbons (Fsp3) is 0.0741. The number of hydrogen-bond donors (Lipinski definition) is 0. The first-order chi connectivity index (χ1) is 15.7. The predicted molar refractivity (Wildman–Crippen MR) is 127 cm³/mol. The van der Waals surface area contributed by atoms with Crippen LogP contribution in [0.1, 0.15) is 18.3 Å². The van der Waals surface area contributed by atoms with Gasteiger partial charge in [0.25, 0.3) is 0 Å². The molecule has 0 atom stereocenters. The van der Waals surface area contributed by atoms with Crippen LogP contribution in [0, 0.1) is 11.3 Å². The first-order valence-electron chi connectivity index (χ1n) is 10.4. The average molecular weight is 417 g/mol. The minimum atomic E-state index is -0.555. The zero-order valence-corrected chi connectivity index (χ0v) is 17.4. The summed E-state index contributed by atoms with van der Waals surface area (Å²) in [5.74, 6) is 0.268. The van der Waals surface area contributed by atoms with Gasteiger partial charge >= 0.3 is 6.09 Å². The minimum Gasteiger partial charge on any atom is -0.449 e. The maximum absolute atomic E-state index is 12.8. The quantitative estimate of drug-likeness (QED) is 0.251. The molecule has 0 aliphatic rings. The van der Waals surface area contributed by atoms with Gasteiger partial charge in [-0.25, -0.2) is 14.3 Å². The molecule has 1 heterocycles. The SMILES string of the molecule is CCOC(=O)n1c(/C(C#N)=C/c2c3ccccc3cc3ccccc23)nc2ccccc21. The van der Waals surface area contributed by atoms with Crippen LogP contribution in [0.2, 0.25) is 0 Å². The van der Waals surface area contributed by atoms with E-state index in [9.17, 15) is 10.1 Å². The van der Waals surface area contributed by atoms with Gasteiger partial charge in [0, 0.05) is 0 Å². The van der Waals surface area contributed by atoms with E-state index in [1.807, 2.05) is 60.7 Å². The van der Waals surface area contributed by atoms with Crippen molar-refractivity contribution in [3.63, 3.8) is 0 Å². The van der Waals surface area contributed by atoms with E-state index < -0.39 is 6.09 Å². The highest BCUT2D eigenvalue weighted by molar-refractivity contribution is 6.10. The highest BCUT2D eigenvalue weighted by atomic mass is 16.5. The van der Waals surface area contributed by atoms with Crippen molar-refractivity contribution >= 4 is 50.3 Å². The van der Waals surface area contributed by atoms with Gasteiger partial charge in [0.2, 0.25) is 0 Å². The number of allylic oxidation sites excluding steroid dienone is 1. The molecule has 0 fully saturated rings. The Kier molecular flexibility index (Phi) is 4.89. The van der Waals surface area contributed by atoms with Gasteiger partial charge in [0.1, 0.15) is 6.07 Å². The maximum Gasteiger partial charge on any atom is 0.420 e. The Bertz CT molecular complexity index is 1520. The van der Waals surface area contributed by atoms with Crippen LogP contribution in [0.4, 0.5) is 4.79 Å². The zero-order chi connectivity index (χ0) is 22.1. The molecule has 0 saturated heterocycles. The molecule has 32 heavy (non-hydrogen) atoms. The molecule has 4 aromatic carbocycles. The molecule has 0 aliphatic carbocycles. The van der Waals surface area contributed by atoms with Crippen molar-refractivity contribution in [3.05, 3.63) is 90.3 Å². The fourth-order valence-electron chi connectivity index (χ4n) is 4.08. The maximum atomic E-state index is 12.8. The third-order valence-corrected chi connectivity index (χ3v) is 5.47.